The number of thioether (sulfide) groups is 1. The summed E-state index contributed by atoms with van der Waals surface area (Å²) < 4.78 is 0.799. The van der Waals surface area contributed by atoms with E-state index in [0.717, 1.165) is 19.8 Å². The van der Waals surface area contributed by atoms with Crippen molar-refractivity contribution >= 4 is 74.2 Å². The molecule has 0 saturated carbocycles. The first kappa shape index (κ1) is 30.0. The van der Waals surface area contributed by atoms with Crippen LogP contribution in [0.25, 0.3) is 6.08 Å². The first-order chi connectivity index (χ1) is 21.0. The molecule has 3 amide bonds. The second kappa shape index (κ2) is 14.6. The van der Waals surface area contributed by atoms with Crippen molar-refractivity contribution in [3.8, 4) is 0 Å². The third kappa shape index (κ3) is 8.32. The van der Waals surface area contributed by atoms with Crippen molar-refractivity contribution in [2.45, 2.75) is 10.1 Å². The number of hydrogen-bond acceptors (Lipinski definition) is 5. The van der Waals surface area contributed by atoms with Crippen LogP contribution in [-0.4, -0.2) is 17.7 Å². The number of halogens is 1. The van der Waals surface area contributed by atoms with Gasteiger partial charge in [0.15, 0.2) is 0 Å². The molecule has 0 aliphatic rings. The van der Waals surface area contributed by atoms with Gasteiger partial charge in [0.05, 0.1) is 5.69 Å². The van der Waals surface area contributed by atoms with Crippen molar-refractivity contribution in [1.82, 2.24) is 5.32 Å². The van der Waals surface area contributed by atoms with Gasteiger partial charge in [-0.2, -0.15) is 0 Å². The molecule has 214 valence electrons. The van der Waals surface area contributed by atoms with Crippen LogP contribution < -0.4 is 16.0 Å². The summed E-state index contributed by atoms with van der Waals surface area (Å²) in [5.41, 5.74) is 2.69. The van der Waals surface area contributed by atoms with Crippen LogP contribution in [0.15, 0.2) is 142 Å². The van der Waals surface area contributed by atoms with Gasteiger partial charge in [-0.1, -0.05) is 66.7 Å². The zero-order valence-electron chi connectivity index (χ0n) is 22.7. The molecule has 1 atom stereocenters. The van der Waals surface area contributed by atoms with Gasteiger partial charge in [0.25, 0.3) is 11.8 Å². The molecule has 1 unspecified atom stereocenters. The highest BCUT2D eigenvalue weighted by Gasteiger charge is 2.23. The average Bonchev–Trinajstić information content (AvgIpc) is 3.55. The minimum Gasteiger partial charge on any atom is -0.324 e. The Kier molecular flexibility index (Phi) is 10.2. The van der Waals surface area contributed by atoms with E-state index in [2.05, 4.69) is 31.9 Å². The maximum atomic E-state index is 13.4. The first-order valence-corrected chi connectivity index (χ1v) is 15.8. The normalized spacial score (nSPS) is 11.8. The molecule has 0 spiro atoms. The lowest BCUT2D eigenvalue weighted by atomic mass is 10.1. The van der Waals surface area contributed by atoms with E-state index in [1.807, 2.05) is 90.3 Å². The zero-order chi connectivity index (χ0) is 30.0. The molecule has 1 aromatic heterocycles. The van der Waals surface area contributed by atoms with E-state index in [0.29, 0.717) is 16.9 Å². The lowest BCUT2D eigenvalue weighted by Crippen LogP contribution is -2.30. The lowest BCUT2D eigenvalue weighted by Gasteiger charge is -2.18. The molecule has 6 nitrogen and oxygen atoms in total. The number of hydrogen-bond donors (Lipinski definition) is 3. The fourth-order valence-corrected chi connectivity index (χ4v) is 6.14. The fourth-order valence-electron chi connectivity index (χ4n) is 4.07. The molecule has 1 heterocycles. The standard InChI is InChI=1S/C34H26BrN3O3S2/c35-28-15-7-8-16-29(28)37-34(41)31(23-10-3-1-4-11-23)43-26-19-17-25(18-20-26)36-33(40)30(22-27-14-9-21-42-27)38-32(39)24-12-5-2-6-13-24/h1-22,31H,(H,36,40)(H,37,41)(H,38,39)/b30-22-. The van der Waals surface area contributed by atoms with Gasteiger partial charge in [-0.3, -0.25) is 14.4 Å². The number of para-hydroxylation sites is 1. The molecule has 0 saturated heterocycles. The summed E-state index contributed by atoms with van der Waals surface area (Å²) in [6.45, 7) is 0. The maximum absolute atomic E-state index is 13.4. The number of amides is 3. The van der Waals surface area contributed by atoms with Crippen LogP contribution in [0.2, 0.25) is 0 Å². The third-order valence-corrected chi connectivity index (χ3v) is 8.97. The van der Waals surface area contributed by atoms with E-state index in [9.17, 15) is 14.4 Å². The molecule has 4 aromatic carbocycles. The van der Waals surface area contributed by atoms with E-state index < -0.39 is 11.2 Å². The minimum absolute atomic E-state index is 0.127. The number of nitrogens with one attached hydrogen (secondary N) is 3. The molecule has 9 heteroatoms. The summed E-state index contributed by atoms with van der Waals surface area (Å²) in [6.07, 6.45) is 1.65. The molecule has 43 heavy (non-hydrogen) atoms. The van der Waals surface area contributed by atoms with Crippen molar-refractivity contribution < 1.29 is 14.4 Å². The highest BCUT2D eigenvalue weighted by molar-refractivity contribution is 9.10. The predicted molar refractivity (Wildman–Crippen MR) is 179 cm³/mol. The van der Waals surface area contributed by atoms with Gasteiger partial charge < -0.3 is 16.0 Å². The Morgan fingerprint density at radius 2 is 1.42 bits per heavy atom. The van der Waals surface area contributed by atoms with E-state index in [1.165, 1.54) is 23.1 Å². The summed E-state index contributed by atoms with van der Waals surface area (Å²) >= 11 is 6.37. The third-order valence-electron chi connectivity index (χ3n) is 6.20. The van der Waals surface area contributed by atoms with Gasteiger partial charge in [-0.25, -0.2) is 0 Å². The summed E-state index contributed by atoms with van der Waals surface area (Å²) in [5.74, 6) is -0.982. The van der Waals surface area contributed by atoms with Crippen molar-refractivity contribution in [2.75, 3.05) is 10.6 Å². The number of thiophene rings is 1. The van der Waals surface area contributed by atoms with Gasteiger partial charge in [-0.15, -0.1) is 23.1 Å². The van der Waals surface area contributed by atoms with Crippen LogP contribution in [0.1, 0.15) is 26.0 Å². The fraction of sp³-hybridized carbons (Fsp3) is 0.0294. The number of carbonyl (C=O) groups is 3. The Labute approximate surface area is 266 Å². The molecule has 5 rings (SSSR count). The van der Waals surface area contributed by atoms with Crippen LogP contribution >= 0.6 is 39.0 Å². The average molecular weight is 669 g/mol. The topological polar surface area (TPSA) is 87.3 Å². The molecule has 0 aliphatic heterocycles. The van der Waals surface area contributed by atoms with Crippen LogP contribution in [0.5, 0.6) is 0 Å². The molecule has 5 aromatic rings. The van der Waals surface area contributed by atoms with E-state index in [4.69, 9.17) is 0 Å². The number of anilines is 2. The van der Waals surface area contributed by atoms with Gasteiger partial charge in [0.1, 0.15) is 10.9 Å². The van der Waals surface area contributed by atoms with Crippen molar-refractivity contribution in [2.24, 2.45) is 0 Å². The van der Waals surface area contributed by atoms with E-state index in [1.54, 1.807) is 42.5 Å². The van der Waals surface area contributed by atoms with E-state index >= 15 is 0 Å². The first-order valence-electron chi connectivity index (χ1n) is 13.3. The van der Waals surface area contributed by atoms with Crippen LogP contribution in [0, 0.1) is 0 Å². The molecule has 3 N–H and O–H groups in total. The molecular weight excluding hydrogens is 642 g/mol. The minimum atomic E-state index is -0.512. The Bertz CT molecular complexity index is 1730. The van der Waals surface area contributed by atoms with Crippen LogP contribution in [0.3, 0.4) is 0 Å². The van der Waals surface area contributed by atoms with Gasteiger partial charge in [0, 0.05) is 25.5 Å². The summed E-state index contributed by atoms with van der Waals surface area (Å²) in [7, 11) is 0. The highest BCUT2D eigenvalue weighted by Crippen LogP contribution is 2.37. The Morgan fingerprint density at radius 1 is 0.744 bits per heavy atom. The Hall–Kier alpha value is -4.44. The number of benzene rings is 4. The largest absolute Gasteiger partial charge is 0.324 e. The molecule has 0 bridgehead atoms. The molecule has 0 radical (unpaired) electrons. The second-order valence-corrected chi connectivity index (χ2v) is 12.3. The Morgan fingerprint density at radius 3 is 2.09 bits per heavy atom. The van der Waals surface area contributed by atoms with Crippen LogP contribution in [-0.2, 0) is 9.59 Å². The Balaban J connectivity index is 1.31. The quantitative estimate of drug-likeness (QED) is 0.103. The molecule has 0 fully saturated rings. The summed E-state index contributed by atoms with van der Waals surface area (Å²) in [6, 6.07) is 36.8. The predicted octanol–water partition coefficient (Wildman–Crippen LogP) is 8.39. The van der Waals surface area contributed by atoms with Gasteiger partial charge >= 0.3 is 0 Å². The SMILES string of the molecule is O=C(Nc1ccc(SC(C(=O)Nc2ccccc2Br)c2ccccc2)cc1)/C(=C/c1cccs1)NC(=O)c1ccccc1. The number of rotatable bonds is 10. The smallest absolute Gasteiger partial charge is 0.272 e. The molecular formula is C34H26BrN3O3S2. The van der Waals surface area contributed by atoms with Crippen molar-refractivity contribution in [3.63, 3.8) is 0 Å². The zero-order valence-corrected chi connectivity index (χ0v) is 25.9. The molecule has 0 aliphatic carbocycles. The van der Waals surface area contributed by atoms with Crippen LogP contribution in [0.4, 0.5) is 11.4 Å². The van der Waals surface area contributed by atoms with Crippen molar-refractivity contribution in [3.05, 3.63) is 153 Å². The second-order valence-electron chi connectivity index (χ2n) is 9.25. The lowest BCUT2D eigenvalue weighted by molar-refractivity contribution is -0.116. The number of carbonyl (C=O) groups excluding carboxylic acids is 3. The van der Waals surface area contributed by atoms with Crippen molar-refractivity contribution in [1.29, 1.82) is 0 Å². The monoisotopic (exact) mass is 667 g/mol. The summed E-state index contributed by atoms with van der Waals surface area (Å²) in [5, 5.41) is 10.0. The summed E-state index contributed by atoms with van der Waals surface area (Å²) in [4.78, 5) is 41.2. The highest BCUT2D eigenvalue weighted by atomic mass is 79.9. The van der Waals surface area contributed by atoms with Gasteiger partial charge in [0.2, 0.25) is 5.91 Å². The van der Waals surface area contributed by atoms with Gasteiger partial charge in [-0.05, 0) is 87.5 Å². The van der Waals surface area contributed by atoms with E-state index in [-0.39, 0.29) is 17.5 Å². The maximum Gasteiger partial charge on any atom is 0.272 e.